The Kier molecular flexibility index (Phi) is 38.9. The van der Waals surface area contributed by atoms with Crippen molar-refractivity contribution in [3.63, 3.8) is 0 Å². The van der Waals surface area contributed by atoms with E-state index in [-0.39, 0.29) is 42.1 Å². The van der Waals surface area contributed by atoms with Crippen molar-refractivity contribution in [1.82, 2.24) is 0 Å². The van der Waals surface area contributed by atoms with Crippen molar-refractivity contribution >= 4 is 55.0 Å². The largest absolute Gasteiger partial charge is 0.639 e. The molecule has 5 aromatic carbocycles. The van der Waals surface area contributed by atoms with Crippen LogP contribution in [0, 0.1) is 52.9 Å². The Morgan fingerprint density at radius 1 is 0.570 bits per heavy atom. The fourth-order valence-electron chi connectivity index (χ4n) is 6.22. The molecule has 0 aromatic heterocycles. The summed E-state index contributed by atoms with van der Waals surface area (Å²) in [7, 11) is -3.75. The number of phenols is 2. The number of aryl methyl sites for hydroxylation is 6. The van der Waals surface area contributed by atoms with Crippen molar-refractivity contribution in [2.45, 2.75) is 168 Å². The first-order chi connectivity index (χ1) is 50.1. The number of aldehydes is 1. The van der Waals surface area contributed by atoms with E-state index in [0.29, 0.717) is 22.8 Å². The van der Waals surface area contributed by atoms with E-state index in [1.54, 1.807) is 42.5 Å². The van der Waals surface area contributed by atoms with Gasteiger partial charge < -0.3 is 48.2 Å². The number of ether oxygens (including phenoxy) is 4. The zero-order chi connectivity index (χ0) is 84.0. The van der Waals surface area contributed by atoms with Crippen LogP contribution in [0.3, 0.4) is 0 Å². The molecule has 0 radical (unpaired) electrons. The van der Waals surface area contributed by atoms with Crippen molar-refractivity contribution in [3.05, 3.63) is 176 Å². The number of aromatic hydroxyl groups is 2. The Morgan fingerprint density at radius 3 is 1.40 bits per heavy atom. The van der Waals surface area contributed by atoms with Gasteiger partial charge in [-0.05, 0) is 180 Å². The maximum Gasteiger partial charge on any atom is 0.639 e. The molecular weight excluding hydrogens is 1180 g/mol. The van der Waals surface area contributed by atoms with Crippen LogP contribution < -0.4 is 9.47 Å². The van der Waals surface area contributed by atoms with Gasteiger partial charge in [0.05, 0.1) is 65.6 Å². The first-order valence-corrected chi connectivity index (χ1v) is 29.5. The first-order valence-electron chi connectivity index (χ1n) is 37.5. The molecule has 0 aliphatic rings. The number of phenolic OH excluding ortho intramolecular Hbond substituents is 2. The summed E-state index contributed by atoms with van der Waals surface area (Å²) >= 11 is 0. The van der Waals surface area contributed by atoms with Crippen LogP contribution in [0.2, 0.25) is 0 Å². The topological polar surface area (TPSA) is 252 Å². The molecule has 0 saturated heterocycles. The summed E-state index contributed by atoms with van der Waals surface area (Å²) in [6, 6.07) is 21.7. The average molecular weight is 1310 g/mol. The third-order valence-electron chi connectivity index (χ3n) is 11.8. The summed E-state index contributed by atoms with van der Waals surface area (Å²) in [4.78, 5) is 66.3. The molecule has 3 N–H and O–H groups in total. The van der Waals surface area contributed by atoms with Gasteiger partial charge in [0.2, 0.25) is 0 Å². The van der Waals surface area contributed by atoms with Crippen molar-refractivity contribution < 1.29 is 98.9 Å². The summed E-state index contributed by atoms with van der Waals surface area (Å²) in [6.07, 6.45) is 7.68. The molecule has 0 atom stereocenters. The quantitative estimate of drug-likeness (QED) is 0.00535. The third kappa shape index (κ3) is 46.2. The van der Waals surface area contributed by atoms with Gasteiger partial charge in [0, 0.05) is 45.2 Å². The molecule has 0 saturated carbocycles. The van der Waals surface area contributed by atoms with Gasteiger partial charge in [0.25, 0.3) is 0 Å². The Bertz CT molecular complexity index is 3700. The number of hydrogen-bond acceptors (Lipinski definition) is 17. The molecule has 17 nitrogen and oxygen atoms in total. The highest BCUT2D eigenvalue weighted by Crippen LogP contribution is 2.28. The number of ketones is 3. The Balaban J connectivity index is -0.000000640. The molecule has 0 fully saturated rings. The second-order valence-corrected chi connectivity index (χ2v) is 19.5. The van der Waals surface area contributed by atoms with Gasteiger partial charge >= 0.3 is 19.3 Å². The van der Waals surface area contributed by atoms with Gasteiger partial charge in [-0.15, -0.1) is 0 Å². The summed E-state index contributed by atoms with van der Waals surface area (Å²) in [5, 5.41) is 35.4. The maximum absolute atomic E-state index is 12.5. The number of aliphatic hydroxyl groups excluding tert-OH is 1. The molecule has 18 heteroatoms. The van der Waals surface area contributed by atoms with Gasteiger partial charge in [-0.2, -0.15) is 5.26 Å². The highest BCUT2D eigenvalue weighted by Gasteiger charge is 2.20. The molecule has 0 amide bonds. The fourth-order valence-corrected chi connectivity index (χ4v) is 6.22. The van der Waals surface area contributed by atoms with Gasteiger partial charge in [-0.3, -0.25) is 19.2 Å². The lowest BCUT2D eigenvalue weighted by Crippen LogP contribution is -2.28. The van der Waals surface area contributed by atoms with E-state index in [2.05, 4.69) is 44.1 Å². The van der Waals surface area contributed by atoms with Gasteiger partial charge in [-0.25, -0.2) is 9.59 Å². The smallest absolute Gasteiger partial charge is 0.508 e. The Hall–Kier alpha value is -8.63. The van der Waals surface area contributed by atoms with Crippen LogP contribution in [-0.4, -0.2) is 106 Å². The van der Waals surface area contributed by atoms with E-state index in [0.717, 1.165) is 117 Å². The number of rotatable bonds is 26. The van der Waals surface area contributed by atoms with E-state index >= 15 is 0 Å². The molecule has 5 aromatic rings. The standard InChI is InChI=1S/C23H24O4.C12H27BO3.C10H12O2.C9H10O.C8H8O4.C5H8O2.C5H12.C2H3N.CH4/c1-16-5-6-18(13-17(16)2)7-10-20(24)15-21(25)11-8-19-9-12-22(26-3)23(14-19)27-4;1-4-7-10-14-13(15-11-8-5-2)16-12-9-6-3;1-7-4-5-9(6-8(7)2)10(11)12-3;1-7-3-4-9(6-10)5-8(7)2;1-12-8(11)5-2-3-6(9)7(10)4-5;1-4(6)3-5(2)7;1-3-5-4-2;1-2-3;/h5-15,24H,1-4H3;4-12H2,1-3H3;4-6H,1-3H3;3-6H,1-2H3;2-4,9-10H,1H3;3H2,1-2H3;3-5H2,1-2H3;1H3;1H4/b10-7+,11-8+,20-15-;;;;;;;;/i3D3,4D3,7D,8D,10D,11D;;;6D;;1D3,3D2;;;. The zero-order valence-electron chi connectivity index (χ0n) is 71.9. The minimum absolute atomic E-state index is 0. The van der Waals surface area contributed by atoms with Gasteiger partial charge in [0.1, 0.15) is 25.0 Å². The maximum atomic E-state index is 12.5. The Labute approximate surface area is 579 Å². The van der Waals surface area contributed by atoms with Crippen LogP contribution in [0.15, 0.2) is 115 Å². The van der Waals surface area contributed by atoms with Crippen LogP contribution in [0.25, 0.3) is 12.1 Å². The molecule has 512 valence electrons. The highest BCUT2D eigenvalue weighted by molar-refractivity contribution is 6.36. The molecule has 0 unspecified atom stereocenters. The minimum atomic E-state index is -3.06. The van der Waals surface area contributed by atoms with Gasteiger partial charge in [0.15, 0.2) is 28.8 Å². The van der Waals surface area contributed by atoms with Crippen molar-refractivity contribution in [2.75, 3.05) is 48.1 Å². The number of allylic oxidation sites excluding steroid dienone is 3. The molecule has 0 aliphatic carbocycles. The van der Waals surface area contributed by atoms with Crippen LogP contribution >= 0.6 is 0 Å². The lowest BCUT2D eigenvalue weighted by atomic mass is 10.1. The highest BCUT2D eigenvalue weighted by atomic mass is 16.7. The number of carbonyl (C=O) groups is 6. The summed E-state index contributed by atoms with van der Waals surface area (Å²) in [6.45, 7) is 23.8. The minimum Gasteiger partial charge on any atom is -0.508 e. The van der Waals surface area contributed by atoms with Crippen LogP contribution in [0.4, 0.5) is 0 Å². The number of nitrogens with zero attached hydrogens (tertiary/aromatic N) is 1. The number of Topliss-reactive ketones (excluding diaryl/α,β-unsaturated/α-hetero) is 2. The number of unbranched alkanes of at least 4 members (excludes halogenated alkanes) is 5. The normalized spacial score (nSPS) is 13.4. The third-order valence-corrected chi connectivity index (χ3v) is 11.8. The SMILES string of the molecule is C.CC#N.CCCCC.CCCCOB(OCCCC)OCCCC.COC(=O)c1ccc(C)c(C)c1.COC(=O)c1ccc(O)c(O)c1.[2H]/C(C(=O)/C=C(O)/C([2H])=C(\[2H])c1ccc(C)c(C)c1)=C(/[2H])c1ccc(OC([2H])([2H])[2H])c(OC([2H])([2H])[2H])c1.[2H]C(=O)c1ccc(C)c(C)c1.[2H]C([2H])([2H])C(=O)C([2H])([2H])C(C)=O. The molecule has 0 aliphatic heterocycles. The number of nitriles is 1. The van der Waals surface area contributed by atoms with E-state index in [1.165, 1.54) is 58.1 Å². The molecule has 93 heavy (non-hydrogen) atoms. The molecule has 0 heterocycles. The number of hydrogen-bond donors (Lipinski definition) is 3. The summed E-state index contributed by atoms with van der Waals surface area (Å²) < 4.78 is 151. The molecule has 0 bridgehead atoms. The number of aliphatic hydroxyl groups is 1. The van der Waals surface area contributed by atoms with Crippen LogP contribution in [-0.2, 0) is 37.8 Å². The number of benzene rings is 5. The lowest BCUT2D eigenvalue weighted by Gasteiger charge is -2.14. The van der Waals surface area contributed by atoms with Gasteiger partial charge in [-0.1, -0.05) is 135 Å². The monoisotopic (exact) mass is 1310 g/mol. The zero-order valence-corrected chi connectivity index (χ0v) is 55.9. The average Bonchev–Trinajstić information content (AvgIpc) is 0.820. The summed E-state index contributed by atoms with van der Waals surface area (Å²) in [5.74, 6) is -7.25. The second-order valence-electron chi connectivity index (χ2n) is 19.5. The predicted molar refractivity (Wildman–Crippen MR) is 376 cm³/mol. The van der Waals surface area contributed by atoms with E-state index in [9.17, 15) is 33.9 Å². The number of carbonyl (C=O) groups excluding carboxylic acids is 6. The second kappa shape index (κ2) is 57.3. The molecule has 5 rings (SSSR count). The predicted octanol–water partition coefficient (Wildman–Crippen LogP) is 17.5. The number of esters is 2. The van der Waals surface area contributed by atoms with Crippen LogP contribution in [0.1, 0.15) is 224 Å². The summed E-state index contributed by atoms with van der Waals surface area (Å²) in [5.41, 5.74) is 7.77. The number of methoxy groups -OCH3 is 4. The lowest BCUT2D eigenvalue weighted by molar-refractivity contribution is -0.124. The van der Waals surface area contributed by atoms with E-state index in [4.69, 9.17) is 60.8 Å². The Morgan fingerprint density at radius 2 is 0.989 bits per heavy atom. The fraction of sp³-hybridized carbons (Fsp3) is 0.427. The molecular formula is C75H108BNO16. The van der Waals surface area contributed by atoms with Crippen molar-refractivity contribution in [3.8, 4) is 29.1 Å². The van der Waals surface area contributed by atoms with Crippen molar-refractivity contribution in [1.29, 1.82) is 5.26 Å². The molecule has 0 spiro atoms. The van der Waals surface area contributed by atoms with Crippen LogP contribution in [0.5, 0.6) is 23.0 Å². The first kappa shape index (κ1) is 63.1. The van der Waals surface area contributed by atoms with E-state index < -0.39 is 99.6 Å². The van der Waals surface area contributed by atoms with E-state index in [1.807, 2.05) is 59.7 Å². The van der Waals surface area contributed by atoms with Crippen molar-refractivity contribution in [2.24, 2.45) is 0 Å².